The van der Waals surface area contributed by atoms with Crippen LogP contribution in [0.4, 0.5) is 0 Å². The third kappa shape index (κ3) is 791. The molecule has 0 aliphatic rings. The van der Waals surface area contributed by atoms with Crippen molar-refractivity contribution in [1.29, 1.82) is 0 Å². The van der Waals surface area contributed by atoms with Crippen LogP contribution in [0.5, 0.6) is 0 Å². The molecule has 0 N–H and O–H groups in total. The van der Waals surface area contributed by atoms with E-state index in [0.717, 1.165) is 0 Å². The monoisotopic (exact) mass is 352 g/mol. The molecule has 0 aromatic carbocycles. The zero-order valence-electron chi connectivity index (χ0n) is 5.65. The van der Waals surface area contributed by atoms with Crippen molar-refractivity contribution in [1.82, 2.24) is 0 Å². The molecule has 1 radical (unpaired) electrons. The molecule has 0 saturated carbocycles. The predicted octanol–water partition coefficient (Wildman–Crippen LogP) is -0.722. The van der Waals surface area contributed by atoms with Crippen LogP contribution in [0.1, 0.15) is 0 Å². The molecule has 12 nitrogen and oxygen atoms in total. The Morgan fingerprint density at radius 2 is 0.571 bits per heavy atom. The fourth-order valence-corrected chi connectivity index (χ4v) is 0. The summed E-state index contributed by atoms with van der Waals surface area (Å²) < 4.78 is 0. The van der Waals surface area contributed by atoms with E-state index in [9.17, 15) is 0 Å². The molecule has 0 amide bonds. The molecule has 0 spiro atoms. The standard InChI is InChI=1S/Ag.Co.3NO3/c;;3*2-1(3)4/q+1;+2;3*-1. The zero-order chi connectivity index (χ0) is 10.7. The first kappa shape index (κ1) is 29.3. The van der Waals surface area contributed by atoms with E-state index in [-0.39, 0.29) is 39.2 Å². The number of rotatable bonds is 0. The van der Waals surface area contributed by atoms with Gasteiger partial charge in [-0.05, 0) is 0 Å². The van der Waals surface area contributed by atoms with Crippen molar-refractivity contribution in [2.75, 3.05) is 0 Å². The molecule has 14 heavy (non-hydrogen) atoms. The summed E-state index contributed by atoms with van der Waals surface area (Å²) in [6.07, 6.45) is 0. The third-order valence-corrected chi connectivity index (χ3v) is 0. The Morgan fingerprint density at radius 1 is 0.571 bits per heavy atom. The summed E-state index contributed by atoms with van der Waals surface area (Å²) in [5.41, 5.74) is 0. The van der Waals surface area contributed by atoms with Gasteiger partial charge >= 0.3 is 39.2 Å². The summed E-state index contributed by atoms with van der Waals surface area (Å²) in [4.78, 5) is 24.8. The normalized spacial score (nSPS) is 5.14. The summed E-state index contributed by atoms with van der Waals surface area (Å²) >= 11 is 0. The molecule has 0 fully saturated rings. The van der Waals surface area contributed by atoms with Crippen molar-refractivity contribution in [3.8, 4) is 0 Å². The number of hydrogen-bond acceptors (Lipinski definition) is 9. The molecule has 0 aromatic heterocycles. The van der Waals surface area contributed by atoms with Crippen molar-refractivity contribution < 1.29 is 54.4 Å². The van der Waals surface area contributed by atoms with Crippen LogP contribution >= 0.6 is 0 Å². The summed E-state index contributed by atoms with van der Waals surface area (Å²) in [5, 5.41) is 44.2. The maximum absolute atomic E-state index is 8.25. The molecular formula is AgCoN3O9. The van der Waals surface area contributed by atoms with Crippen LogP contribution in [0.3, 0.4) is 0 Å². The van der Waals surface area contributed by atoms with Gasteiger partial charge in [0.1, 0.15) is 0 Å². The van der Waals surface area contributed by atoms with Crippen LogP contribution in [0, 0.1) is 46.0 Å². The molecule has 0 rings (SSSR count). The smallest absolute Gasteiger partial charge is 0.356 e. The summed E-state index contributed by atoms with van der Waals surface area (Å²) in [6, 6.07) is 0. The maximum atomic E-state index is 8.25. The second kappa shape index (κ2) is 22.6. The van der Waals surface area contributed by atoms with Gasteiger partial charge in [0.05, 0.1) is 15.3 Å². The minimum Gasteiger partial charge on any atom is -0.356 e. The molecule has 0 heterocycles. The number of hydrogen-bond donors (Lipinski definition) is 0. The van der Waals surface area contributed by atoms with Gasteiger partial charge in [-0.1, -0.05) is 0 Å². The molecule has 0 aromatic rings. The molecule has 89 valence electrons. The van der Waals surface area contributed by atoms with E-state index in [0.29, 0.717) is 0 Å². The van der Waals surface area contributed by atoms with Crippen molar-refractivity contribution in [3.05, 3.63) is 46.0 Å². The molecule has 0 atom stereocenters. The first-order valence-corrected chi connectivity index (χ1v) is 1.64. The van der Waals surface area contributed by atoms with E-state index in [1.54, 1.807) is 0 Å². The minimum atomic E-state index is -1.75. The molecule has 0 aliphatic carbocycles. The third-order valence-electron chi connectivity index (χ3n) is 0. The van der Waals surface area contributed by atoms with Gasteiger partial charge in [0.15, 0.2) is 0 Å². The fourth-order valence-electron chi connectivity index (χ4n) is 0. The van der Waals surface area contributed by atoms with Crippen LogP contribution < -0.4 is 0 Å². The summed E-state index contributed by atoms with van der Waals surface area (Å²) in [6.45, 7) is 0. The number of nitrogens with zero attached hydrogens (tertiary/aromatic N) is 3. The Hall–Kier alpha value is -1.15. The Bertz CT molecular complexity index is 118. The van der Waals surface area contributed by atoms with E-state index in [2.05, 4.69) is 0 Å². The Morgan fingerprint density at radius 3 is 0.571 bits per heavy atom. The average molecular weight is 353 g/mol. The largest absolute Gasteiger partial charge is 2.00 e. The minimum absolute atomic E-state index is 0. The van der Waals surface area contributed by atoms with Gasteiger partial charge in [-0.25, -0.2) is 0 Å². The molecule has 0 aliphatic heterocycles. The van der Waals surface area contributed by atoms with Crippen LogP contribution in [0.15, 0.2) is 0 Å². The zero-order valence-corrected chi connectivity index (χ0v) is 8.17. The van der Waals surface area contributed by atoms with Crippen LogP contribution in [-0.2, 0) is 39.2 Å². The van der Waals surface area contributed by atoms with E-state index in [1.165, 1.54) is 0 Å². The van der Waals surface area contributed by atoms with Crippen molar-refractivity contribution in [2.24, 2.45) is 0 Å². The van der Waals surface area contributed by atoms with Crippen LogP contribution in [0.2, 0.25) is 0 Å². The van der Waals surface area contributed by atoms with Gasteiger partial charge < -0.3 is 46.0 Å². The second-order valence-electron chi connectivity index (χ2n) is 0.671. The Kier molecular flexibility index (Phi) is 47.3. The molecular weight excluding hydrogens is 353 g/mol. The second-order valence-corrected chi connectivity index (χ2v) is 0.671. The Labute approximate surface area is 101 Å². The van der Waals surface area contributed by atoms with E-state index >= 15 is 0 Å². The topological polar surface area (TPSA) is 199 Å². The van der Waals surface area contributed by atoms with Crippen molar-refractivity contribution >= 4 is 0 Å². The van der Waals surface area contributed by atoms with Gasteiger partial charge in [0, 0.05) is 0 Å². The summed E-state index contributed by atoms with van der Waals surface area (Å²) in [7, 11) is 0. The van der Waals surface area contributed by atoms with Crippen molar-refractivity contribution in [2.45, 2.75) is 0 Å². The molecule has 0 bridgehead atoms. The van der Waals surface area contributed by atoms with Crippen LogP contribution in [-0.4, -0.2) is 15.3 Å². The quantitative estimate of drug-likeness (QED) is 0.306. The van der Waals surface area contributed by atoms with Gasteiger partial charge in [0.2, 0.25) is 0 Å². The predicted molar refractivity (Wildman–Crippen MR) is 31.1 cm³/mol. The fraction of sp³-hybridized carbons (Fsp3) is 0. The van der Waals surface area contributed by atoms with Gasteiger partial charge in [-0.3, -0.25) is 0 Å². The molecule has 14 heteroatoms. The molecule has 0 unspecified atom stereocenters. The van der Waals surface area contributed by atoms with Crippen molar-refractivity contribution in [3.63, 3.8) is 0 Å². The van der Waals surface area contributed by atoms with E-state index in [4.69, 9.17) is 46.0 Å². The SMILES string of the molecule is O=[N+]([O-])[O-].O=[N+]([O-])[O-].O=[N+]([O-])[O-].[Ag+].[Co+2]. The molecule has 0 saturated heterocycles. The summed E-state index contributed by atoms with van der Waals surface area (Å²) in [5.74, 6) is 0. The first-order valence-electron chi connectivity index (χ1n) is 1.64. The van der Waals surface area contributed by atoms with E-state index in [1.807, 2.05) is 0 Å². The maximum Gasteiger partial charge on any atom is 2.00 e. The van der Waals surface area contributed by atoms with E-state index < -0.39 is 15.3 Å². The Balaban J connectivity index is -0.0000000270. The average Bonchev–Trinajstić information content (AvgIpc) is 1.54. The van der Waals surface area contributed by atoms with Gasteiger partial charge in [0.25, 0.3) is 0 Å². The van der Waals surface area contributed by atoms with Gasteiger partial charge in [-0.15, -0.1) is 0 Å². The first-order chi connectivity index (χ1) is 5.20. The van der Waals surface area contributed by atoms with Crippen LogP contribution in [0.25, 0.3) is 0 Å². The van der Waals surface area contributed by atoms with Gasteiger partial charge in [-0.2, -0.15) is 0 Å².